The van der Waals surface area contributed by atoms with Crippen molar-refractivity contribution in [2.75, 3.05) is 26.4 Å². The molecule has 5 nitrogen and oxygen atoms in total. The van der Waals surface area contributed by atoms with Crippen molar-refractivity contribution in [3.05, 3.63) is 23.8 Å². The van der Waals surface area contributed by atoms with Gasteiger partial charge in [-0.15, -0.1) is 0 Å². The molecule has 102 valence electrons. The number of benzene rings is 1. The molecule has 1 aromatic rings. The minimum Gasteiger partial charge on any atom is -0.491 e. The molecule has 1 aromatic carbocycles. The fourth-order valence-electron chi connectivity index (χ4n) is 1.65. The molecular formula is C14H16O5. The number of ether oxygens (including phenoxy) is 4. The molecule has 0 N–H and O–H groups in total. The highest BCUT2D eigenvalue weighted by Gasteiger charge is 2.24. The van der Waals surface area contributed by atoms with Crippen LogP contribution in [0.5, 0.6) is 11.5 Å². The third-order valence-electron chi connectivity index (χ3n) is 2.96. The van der Waals surface area contributed by atoms with Gasteiger partial charge in [0.1, 0.15) is 36.9 Å². The molecule has 2 atom stereocenters. The molecule has 5 heteroatoms. The first kappa shape index (κ1) is 12.4. The Balaban J connectivity index is 1.69. The molecule has 2 aliphatic rings. The second kappa shape index (κ2) is 5.19. The van der Waals surface area contributed by atoms with E-state index in [1.807, 2.05) is 0 Å². The van der Waals surface area contributed by atoms with Crippen molar-refractivity contribution in [3.63, 3.8) is 0 Å². The summed E-state index contributed by atoms with van der Waals surface area (Å²) in [4.78, 5) is 11.5. The topological polar surface area (TPSA) is 60.6 Å². The maximum atomic E-state index is 11.5. The Labute approximate surface area is 111 Å². The molecule has 0 spiro atoms. The Morgan fingerprint density at radius 1 is 1.11 bits per heavy atom. The summed E-state index contributed by atoms with van der Waals surface area (Å²) < 4.78 is 21.4. The van der Waals surface area contributed by atoms with Crippen LogP contribution in [-0.4, -0.2) is 44.4 Å². The molecule has 2 unspecified atom stereocenters. The van der Waals surface area contributed by atoms with Crippen molar-refractivity contribution >= 4 is 5.78 Å². The predicted octanol–water partition coefficient (Wildman–Crippen LogP) is 1.44. The molecule has 0 aromatic heterocycles. The van der Waals surface area contributed by atoms with Gasteiger partial charge in [-0.25, -0.2) is 0 Å². The van der Waals surface area contributed by atoms with Crippen LogP contribution in [0.4, 0.5) is 0 Å². The molecule has 0 saturated carbocycles. The number of ketones is 1. The molecule has 2 saturated heterocycles. The summed E-state index contributed by atoms with van der Waals surface area (Å²) in [5.41, 5.74) is 0.584. The van der Waals surface area contributed by atoms with Crippen LogP contribution in [0.3, 0.4) is 0 Å². The van der Waals surface area contributed by atoms with Gasteiger partial charge in [-0.2, -0.15) is 0 Å². The predicted molar refractivity (Wildman–Crippen MR) is 66.9 cm³/mol. The highest BCUT2D eigenvalue weighted by Crippen LogP contribution is 2.25. The van der Waals surface area contributed by atoms with Crippen molar-refractivity contribution in [3.8, 4) is 11.5 Å². The number of carbonyl (C=O) groups is 1. The van der Waals surface area contributed by atoms with E-state index in [1.54, 1.807) is 18.2 Å². The summed E-state index contributed by atoms with van der Waals surface area (Å²) in [7, 11) is 0. The fraction of sp³-hybridized carbons (Fsp3) is 0.500. The normalized spacial score (nSPS) is 23.8. The molecule has 0 aliphatic carbocycles. The van der Waals surface area contributed by atoms with E-state index in [1.165, 1.54) is 6.92 Å². The van der Waals surface area contributed by atoms with Gasteiger partial charge in [0, 0.05) is 11.6 Å². The average molecular weight is 264 g/mol. The molecule has 3 rings (SSSR count). The molecule has 0 amide bonds. The Morgan fingerprint density at radius 2 is 1.58 bits per heavy atom. The van der Waals surface area contributed by atoms with Crippen LogP contribution in [0.1, 0.15) is 17.3 Å². The monoisotopic (exact) mass is 264 g/mol. The quantitative estimate of drug-likeness (QED) is 0.551. The van der Waals surface area contributed by atoms with Gasteiger partial charge < -0.3 is 18.9 Å². The van der Waals surface area contributed by atoms with Gasteiger partial charge in [0.15, 0.2) is 5.78 Å². The molecule has 19 heavy (non-hydrogen) atoms. The molecule has 0 bridgehead atoms. The minimum atomic E-state index is -0.0133. The van der Waals surface area contributed by atoms with Crippen molar-refractivity contribution in [2.45, 2.75) is 19.1 Å². The van der Waals surface area contributed by atoms with Crippen molar-refractivity contribution in [2.24, 2.45) is 0 Å². The minimum absolute atomic E-state index is 0.0133. The number of hydrogen-bond acceptors (Lipinski definition) is 5. The number of hydrogen-bond donors (Lipinski definition) is 0. The van der Waals surface area contributed by atoms with Crippen LogP contribution in [-0.2, 0) is 9.47 Å². The van der Waals surface area contributed by atoms with Crippen molar-refractivity contribution in [1.82, 2.24) is 0 Å². The van der Waals surface area contributed by atoms with Gasteiger partial charge >= 0.3 is 0 Å². The van der Waals surface area contributed by atoms with E-state index in [0.717, 1.165) is 13.2 Å². The van der Waals surface area contributed by atoms with E-state index in [4.69, 9.17) is 18.9 Å². The van der Waals surface area contributed by atoms with Crippen molar-refractivity contribution < 1.29 is 23.7 Å². The molecule has 2 heterocycles. The van der Waals surface area contributed by atoms with Gasteiger partial charge in [0.25, 0.3) is 0 Å². The number of rotatable bonds is 7. The van der Waals surface area contributed by atoms with Gasteiger partial charge in [-0.3, -0.25) is 4.79 Å². The van der Waals surface area contributed by atoms with Crippen LogP contribution in [0.2, 0.25) is 0 Å². The SMILES string of the molecule is CC(=O)c1cc(OCC2CO2)cc(OCC2CO2)c1. The number of Topliss-reactive ketones (excluding diaryl/α,β-unsaturated/α-hetero) is 1. The zero-order valence-electron chi connectivity index (χ0n) is 10.8. The summed E-state index contributed by atoms with van der Waals surface area (Å²) in [6.07, 6.45) is 0.371. The highest BCUT2D eigenvalue weighted by molar-refractivity contribution is 5.94. The molecule has 2 aliphatic heterocycles. The van der Waals surface area contributed by atoms with Gasteiger partial charge in [-0.1, -0.05) is 0 Å². The zero-order chi connectivity index (χ0) is 13.2. The van der Waals surface area contributed by atoms with Crippen LogP contribution in [0.25, 0.3) is 0 Å². The highest BCUT2D eigenvalue weighted by atomic mass is 16.6. The standard InChI is InChI=1S/C14H16O5/c1-9(15)10-2-11(16-5-13-7-18-13)4-12(3-10)17-6-14-8-19-14/h2-4,13-14H,5-8H2,1H3. The maximum absolute atomic E-state index is 11.5. The lowest BCUT2D eigenvalue weighted by Crippen LogP contribution is -2.07. The third-order valence-corrected chi connectivity index (χ3v) is 2.96. The Bertz CT molecular complexity index is 442. The molecule has 2 fully saturated rings. The number of epoxide rings is 2. The first-order valence-electron chi connectivity index (χ1n) is 6.35. The lowest BCUT2D eigenvalue weighted by Gasteiger charge is -2.10. The fourth-order valence-corrected chi connectivity index (χ4v) is 1.65. The van der Waals surface area contributed by atoms with Crippen LogP contribution >= 0.6 is 0 Å². The maximum Gasteiger partial charge on any atom is 0.160 e. The van der Waals surface area contributed by atoms with Gasteiger partial charge in [-0.05, 0) is 19.1 Å². The summed E-state index contributed by atoms with van der Waals surface area (Å²) in [5, 5.41) is 0. The Hall–Kier alpha value is -1.59. The van der Waals surface area contributed by atoms with Crippen LogP contribution in [0.15, 0.2) is 18.2 Å². The molecule has 0 radical (unpaired) electrons. The Kier molecular flexibility index (Phi) is 3.40. The summed E-state index contributed by atoms with van der Waals surface area (Å²) >= 11 is 0. The summed E-state index contributed by atoms with van der Waals surface area (Å²) in [5.74, 6) is 1.26. The first-order valence-corrected chi connectivity index (χ1v) is 6.35. The zero-order valence-corrected chi connectivity index (χ0v) is 10.8. The van der Waals surface area contributed by atoms with Crippen LogP contribution < -0.4 is 9.47 Å². The average Bonchev–Trinajstić information content (AvgIpc) is 3.28. The largest absolute Gasteiger partial charge is 0.491 e. The van der Waals surface area contributed by atoms with E-state index in [0.29, 0.717) is 30.3 Å². The second-order valence-corrected chi connectivity index (χ2v) is 4.78. The third kappa shape index (κ3) is 3.68. The second-order valence-electron chi connectivity index (χ2n) is 4.78. The van der Waals surface area contributed by atoms with Crippen molar-refractivity contribution in [1.29, 1.82) is 0 Å². The van der Waals surface area contributed by atoms with Crippen LogP contribution in [0, 0.1) is 0 Å². The van der Waals surface area contributed by atoms with E-state index in [-0.39, 0.29) is 18.0 Å². The van der Waals surface area contributed by atoms with Gasteiger partial charge in [0.05, 0.1) is 13.2 Å². The smallest absolute Gasteiger partial charge is 0.160 e. The molecular weight excluding hydrogens is 248 g/mol. The van der Waals surface area contributed by atoms with Gasteiger partial charge in [0.2, 0.25) is 0 Å². The number of carbonyl (C=O) groups excluding carboxylic acids is 1. The summed E-state index contributed by atoms with van der Waals surface area (Å²) in [6.45, 7) is 4.03. The summed E-state index contributed by atoms with van der Waals surface area (Å²) in [6, 6.07) is 5.24. The lowest BCUT2D eigenvalue weighted by atomic mass is 10.1. The van der Waals surface area contributed by atoms with E-state index >= 15 is 0 Å². The lowest BCUT2D eigenvalue weighted by molar-refractivity contribution is 0.101. The van der Waals surface area contributed by atoms with E-state index in [9.17, 15) is 4.79 Å². The Morgan fingerprint density at radius 3 is 1.95 bits per heavy atom. The first-order chi connectivity index (χ1) is 9.20. The van der Waals surface area contributed by atoms with E-state index < -0.39 is 0 Å². The van der Waals surface area contributed by atoms with E-state index in [2.05, 4.69) is 0 Å².